The number of hydrogen-bond donors (Lipinski definition) is 1. The Labute approximate surface area is 129 Å². The molecule has 5 atom stereocenters. The van der Waals surface area contributed by atoms with Crippen molar-refractivity contribution >= 4 is 8.32 Å². The number of hydrogen-bond acceptors (Lipinski definition) is 5. The molecule has 0 aromatic carbocycles. The van der Waals surface area contributed by atoms with E-state index in [2.05, 4.69) is 33.9 Å². The SMILES string of the molecule is CO[C@@H](CO)C12COC([C@H](C)O1)[C@@H]2O[Si](C)(C)C(C)(C)C. The van der Waals surface area contributed by atoms with Crippen LogP contribution in [0.4, 0.5) is 0 Å². The number of rotatable bonds is 5. The van der Waals surface area contributed by atoms with Crippen LogP contribution in [-0.2, 0) is 18.6 Å². The highest BCUT2D eigenvalue weighted by Crippen LogP contribution is 2.48. The topological polar surface area (TPSA) is 57.2 Å². The minimum Gasteiger partial charge on any atom is -0.408 e. The fraction of sp³-hybridized carbons (Fsp3) is 1.00. The molecule has 0 spiro atoms. The Morgan fingerprint density at radius 3 is 2.43 bits per heavy atom. The van der Waals surface area contributed by atoms with Crippen molar-refractivity contribution in [2.24, 2.45) is 0 Å². The van der Waals surface area contributed by atoms with Crippen molar-refractivity contribution in [2.45, 2.75) is 75.8 Å². The zero-order valence-electron chi connectivity index (χ0n) is 14.3. The summed E-state index contributed by atoms with van der Waals surface area (Å²) in [6.07, 6.45) is -0.728. The predicted octanol–water partition coefficient (Wildman–Crippen LogP) is 1.94. The van der Waals surface area contributed by atoms with Gasteiger partial charge in [0, 0.05) is 7.11 Å². The normalized spacial score (nSPS) is 38.0. The predicted molar refractivity (Wildman–Crippen MR) is 83.0 cm³/mol. The molecule has 124 valence electrons. The van der Waals surface area contributed by atoms with E-state index in [-0.39, 0.29) is 30.0 Å². The van der Waals surface area contributed by atoms with Gasteiger partial charge in [0.25, 0.3) is 0 Å². The van der Waals surface area contributed by atoms with E-state index in [0.717, 1.165) is 0 Å². The Hall–Kier alpha value is 0.0169. The van der Waals surface area contributed by atoms with Crippen molar-refractivity contribution in [1.29, 1.82) is 0 Å². The summed E-state index contributed by atoms with van der Waals surface area (Å²) in [6, 6.07) is 0. The van der Waals surface area contributed by atoms with Crippen molar-refractivity contribution in [1.82, 2.24) is 0 Å². The third kappa shape index (κ3) is 2.70. The van der Waals surface area contributed by atoms with Gasteiger partial charge < -0.3 is 23.7 Å². The molecule has 6 heteroatoms. The Morgan fingerprint density at radius 1 is 1.38 bits per heavy atom. The lowest BCUT2D eigenvalue weighted by Crippen LogP contribution is -2.58. The molecule has 5 nitrogen and oxygen atoms in total. The van der Waals surface area contributed by atoms with Gasteiger partial charge in [-0.25, -0.2) is 0 Å². The molecule has 2 aliphatic rings. The lowest BCUT2D eigenvalue weighted by molar-refractivity contribution is -0.196. The Bertz CT molecular complexity index is 377. The van der Waals surface area contributed by atoms with Gasteiger partial charge in [0.2, 0.25) is 0 Å². The van der Waals surface area contributed by atoms with Gasteiger partial charge >= 0.3 is 0 Å². The number of methoxy groups -OCH3 is 1. The van der Waals surface area contributed by atoms with Crippen LogP contribution >= 0.6 is 0 Å². The highest BCUT2D eigenvalue weighted by Gasteiger charge is 2.65. The van der Waals surface area contributed by atoms with Gasteiger partial charge in [0.05, 0.1) is 19.3 Å². The highest BCUT2D eigenvalue weighted by atomic mass is 28.4. The van der Waals surface area contributed by atoms with Crippen LogP contribution in [0.3, 0.4) is 0 Å². The largest absolute Gasteiger partial charge is 0.408 e. The molecule has 2 bridgehead atoms. The van der Waals surface area contributed by atoms with Gasteiger partial charge in [-0.2, -0.15) is 0 Å². The van der Waals surface area contributed by atoms with Crippen LogP contribution in [0.2, 0.25) is 18.1 Å². The van der Waals surface area contributed by atoms with Gasteiger partial charge in [-0.15, -0.1) is 0 Å². The van der Waals surface area contributed by atoms with Crippen LogP contribution in [0.1, 0.15) is 27.7 Å². The molecule has 0 radical (unpaired) electrons. The third-order valence-electron chi connectivity index (χ3n) is 5.37. The van der Waals surface area contributed by atoms with Gasteiger partial charge in [-0.1, -0.05) is 20.8 Å². The fourth-order valence-corrected chi connectivity index (χ4v) is 4.33. The number of ether oxygens (including phenoxy) is 3. The van der Waals surface area contributed by atoms with Gasteiger partial charge in [-0.05, 0) is 25.1 Å². The van der Waals surface area contributed by atoms with E-state index in [1.54, 1.807) is 7.11 Å². The molecule has 1 N–H and O–H groups in total. The monoisotopic (exact) mass is 318 g/mol. The maximum absolute atomic E-state index is 9.66. The minimum absolute atomic E-state index is 0.0438. The number of aliphatic hydroxyl groups excluding tert-OH is 1. The van der Waals surface area contributed by atoms with Gasteiger partial charge in [0.15, 0.2) is 8.32 Å². The smallest absolute Gasteiger partial charge is 0.192 e. The first-order chi connectivity index (χ1) is 9.59. The first-order valence-corrected chi connectivity index (χ1v) is 10.6. The summed E-state index contributed by atoms with van der Waals surface area (Å²) in [5, 5.41) is 9.77. The first kappa shape index (κ1) is 17.4. The van der Waals surface area contributed by atoms with Gasteiger partial charge in [0.1, 0.15) is 23.9 Å². The van der Waals surface area contributed by atoms with Crippen LogP contribution in [0.5, 0.6) is 0 Å². The van der Waals surface area contributed by atoms with E-state index >= 15 is 0 Å². The summed E-state index contributed by atoms with van der Waals surface area (Å²) in [5.74, 6) is 0. The van der Waals surface area contributed by atoms with Crippen LogP contribution < -0.4 is 0 Å². The zero-order valence-corrected chi connectivity index (χ0v) is 15.3. The number of aliphatic hydroxyl groups is 1. The van der Waals surface area contributed by atoms with Crippen molar-refractivity contribution in [3.8, 4) is 0 Å². The van der Waals surface area contributed by atoms with E-state index in [0.29, 0.717) is 6.61 Å². The van der Waals surface area contributed by atoms with E-state index in [9.17, 15) is 5.11 Å². The molecule has 2 rings (SSSR count). The Balaban J connectivity index is 2.29. The van der Waals surface area contributed by atoms with Crippen molar-refractivity contribution in [2.75, 3.05) is 20.3 Å². The minimum atomic E-state index is -1.96. The van der Waals surface area contributed by atoms with Crippen molar-refractivity contribution < 1.29 is 23.7 Å². The Morgan fingerprint density at radius 2 is 2.00 bits per heavy atom. The van der Waals surface area contributed by atoms with Crippen LogP contribution in [0.25, 0.3) is 0 Å². The van der Waals surface area contributed by atoms with E-state index < -0.39 is 20.0 Å². The van der Waals surface area contributed by atoms with E-state index in [4.69, 9.17) is 18.6 Å². The second-order valence-electron chi connectivity index (χ2n) is 7.76. The third-order valence-corrected chi connectivity index (χ3v) is 9.83. The maximum Gasteiger partial charge on any atom is 0.192 e. The molecule has 2 aliphatic heterocycles. The average molecular weight is 318 g/mol. The second-order valence-corrected chi connectivity index (χ2v) is 12.5. The number of fused-ring (bicyclic) bond motifs is 2. The van der Waals surface area contributed by atoms with Crippen LogP contribution in [0.15, 0.2) is 0 Å². The molecule has 0 saturated carbocycles. The van der Waals surface area contributed by atoms with E-state index in [1.807, 2.05) is 6.92 Å². The highest BCUT2D eigenvalue weighted by molar-refractivity contribution is 6.74. The molecule has 2 saturated heterocycles. The summed E-state index contributed by atoms with van der Waals surface area (Å²) < 4.78 is 24.1. The molecule has 2 fully saturated rings. The standard InChI is InChI=1S/C15H30O5Si/c1-10-12-13(20-21(6,7)14(2,3)4)15(19-10,9-18-12)11(8-16)17-5/h10-13,16H,8-9H2,1-7H3/t10-,11-,12?,13-,15?/m0/s1. The quantitative estimate of drug-likeness (QED) is 0.785. The van der Waals surface area contributed by atoms with Gasteiger partial charge in [-0.3, -0.25) is 0 Å². The lowest BCUT2D eigenvalue weighted by atomic mass is 9.92. The molecule has 21 heavy (non-hydrogen) atoms. The fourth-order valence-electron chi connectivity index (χ4n) is 3.01. The summed E-state index contributed by atoms with van der Waals surface area (Å²) in [7, 11) is -0.363. The maximum atomic E-state index is 9.66. The van der Waals surface area contributed by atoms with E-state index in [1.165, 1.54) is 0 Å². The van der Waals surface area contributed by atoms with Crippen molar-refractivity contribution in [3.63, 3.8) is 0 Å². The molecule has 0 amide bonds. The lowest BCUT2D eigenvalue weighted by Gasteiger charge is -2.42. The molecule has 0 aromatic rings. The molecule has 2 heterocycles. The molecule has 2 unspecified atom stereocenters. The summed E-state index contributed by atoms with van der Waals surface area (Å²) >= 11 is 0. The molecule has 0 aromatic heterocycles. The molecule has 0 aliphatic carbocycles. The first-order valence-electron chi connectivity index (χ1n) is 7.70. The zero-order chi connectivity index (χ0) is 16.1. The van der Waals surface area contributed by atoms with Crippen LogP contribution in [0, 0.1) is 0 Å². The summed E-state index contributed by atoms with van der Waals surface area (Å²) in [6.45, 7) is 13.4. The summed E-state index contributed by atoms with van der Waals surface area (Å²) in [5.41, 5.74) is -0.691. The molecular formula is C15H30O5Si. The molecular weight excluding hydrogens is 288 g/mol. The van der Waals surface area contributed by atoms with Crippen LogP contribution in [-0.4, -0.2) is 63.8 Å². The Kier molecular flexibility index (Phi) is 4.62. The summed E-state index contributed by atoms with van der Waals surface area (Å²) in [4.78, 5) is 0. The average Bonchev–Trinajstić information content (AvgIpc) is 2.80. The van der Waals surface area contributed by atoms with Crippen molar-refractivity contribution in [3.05, 3.63) is 0 Å². The second kappa shape index (κ2) is 5.58.